The Balaban J connectivity index is 3.30. The van der Waals surface area contributed by atoms with Gasteiger partial charge in [0, 0.05) is 5.69 Å². The third-order valence-electron chi connectivity index (χ3n) is 1.74. The van der Waals surface area contributed by atoms with Gasteiger partial charge in [-0.25, -0.2) is 4.68 Å². The van der Waals surface area contributed by atoms with Crippen molar-refractivity contribution in [1.29, 1.82) is 0 Å². The Morgan fingerprint density at radius 2 is 2.00 bits per heavy atom. The Kier molecular flexibility index (Phi) is 1.85. The summed E-state index contributed by atoms with van der Waals surface area (Å²) in [5, 5.41) is 4.13. The van der Waals surface area contributed by atoms with Crippen LogP contribution in [0.2, 0.25) is 0 Å². The maximum atomic E-state index is 4.63. The summed E-state index contributed by atoms with van der Waals surface area (Å²) in [4.78, 5) is 0. The second kappa shape index (κ2) is 2.50. The molecule has 0 saturated heterocycles. The Morgan fingerprint density at radius 1 is 1.40 bits per heavy atom. The van der Waals surface area contributed by atoms with Crippen molar-refractivity contribution in [3.8, 4) is 0 Å². The molecule has 0 aliphatic rings. The van der Waals surface area contributed by atoms with Gasteiger partial charge < -0.3 is 0 Å². The molecule has 0 atom stereocenters. The van der Waals surface area contributed by atoms with Crippen LogP contribution in [-0.2, 0) is 0 Å². The Bertz CT molecular complexity index is 263. The summed E-state index contributed by atoms with van der Waals surface area (Å²) in [6.45, 7) is 5.97. The van der Waals surface area contributed by atoms with E-state index in [1.807, 2.05) is 20.8 Å². The van der Waals surface area contributed by atoms with Crippen molar-refractivity contribution < 1.29 is 0 Å². The van der Waals surface area contributed by atoms with E-state index in [0.717, 1.165) is 11.4 Å². The number of aromatic nitrogens is 2. The first-order valence-electron chi connectivity index (χ1n) is 3.07. The highest BCUT2D eigenvalue weighted by atomic mass is 32.1. The van der Waals surface area contributed by atoms with Gasteiger partial charge in [0.25, 0.3) is 0 Å². The minimum atomic E-state index is 1.02. The van der Waals surface area contributed by atoms with Crippen molar-refractivity contribution in [3.05, 3.63) is 17.0 Å². The fourth-order valence-corrected chi connectivity index (χ4v) is 0.987. The smallest absolute Gasteiger partial charge is 0.164 e. The molecule has 1 rings (SSSR count). The molecule has 1 aromatic rings. The van der Waals surface area contributed by atoms with E-state index in [-0.39, 0.29) is 0 Å². The molecule has 0 unspecified atom stereocenters. The lowest BCUT2D eigenvalue weighted by molar-refractivity contribution is 0.911. The van der Waals surface area contributed by atoms with Gasteiger partial charge >= 0.3 is 0 Å². The molecule has 0 aromatic carbocycles. The zero-order valence-electron chi connectivity index (χ0n) is 6.30. The van der Waals surface area contributed by atoms with Crippen LogP contribution in [0.1, 0.15) is 17.0 Å². The van der Waals surface area contributed by atoms with Crippen molar-refractivity contribution in [2.75, 3.05) is 0 Å². The van der Waals surface area contributed by atoms with Crippen LogP contribution in [0.15, 0.2) is 0 Å². The van der Waals surface area contributed by atoms with Gasteiger partial charge in [-0.15, -0.1) is 0 Å². The van der Waals surface area contributed by atoms with Gasteiger partial charge in [0.15, 0.2) is 5.49 Å². The molecule has 10 heavy (non-hydrogen) atoms. The lowest BCUT2D eigenvalue weighted by Gasteiger charge is -1.90. The summed E-state index contributed by atoms with van der Waals surface area (Å²) >= 11 is 4.63. The van der Waals surface area contributed by atoms with E-state index in [4.69, 9.17) is 0 Å². The molecule has 1 radical (unpaired) electrons. The third kappa shape index (κ3) is 0.968. The molecule has 0 amide bonds. The first kappa shape index (κ1) is 7.41. The highest BCUT2D eigenvalue weighted by Gasteiger charge is 2.03. The predicted molar refractivity (Wildman–Crippen MR) is 44.4 cm³/mol. The van der Waals surface area contributed by atoms with Gasteiger partial charge in [-0.1, -0.05) is 12.2 Å². The topological polar surface area (TPSA) is 17.8 Å². The van der Waals surface area contributed by atoms with Gasteiger partial charge in [-0.05, 0) is 26.3 Å². The molecule has 0 bridgehead atoms. The summed E-state index contributed by atoms with van der Waals surface area (Å²) in [5.41, 5.74) is 5.84. The number of hydrogen-bond donors (Lipinski definition) is 0. The fourth-order valence-electron chi connectivity index (χ4n) is 0.810. The van der Waals surface area contributed by atoms with Crippen LogP contribution < -0.4 is 0 Å². The summed E-state index contributed by atoms with van der Waals surface area (Å²) in [7, 11) is 0. The van der Waals surface area contributed by atoms with E-state index in [2.05, 4.69) is 22.8 Å². The maximum Gasteiger partial charge on any atom is 0.164 e. The molecule has 3 heteroatoms. The SMILES string of the molecule is Cc1nn([C]=S)c(C)c1C. The second-order valence-corrected chi connectivity index (χ2v) is 2.48. The molecule has 1 heterocycles. The highest BCUT2D eigenvalue weighted by molar-refractivity contribution is 7.78. The van der Waals surface area contributed by atoms with Crippen molar-refractivity contribution in [1.82, 2.24) is 9.78 Å². The Hall–Kier alpha value is -0.700. The van der Waals surface area contributed by atoms with Crippen LogP contribution >= 0.6 is 12.2 Å². The largest absolute Gasteiger partial charge is 0.224 e. The fraction of sp³-hybridized carbons (Fsp3) is 0.429. The highest BCUT2D eigenvalue weighted by Crippen LogP contribution is 2.08. The molecule has 0 N–H and O–H groups in total. The molecule has 0 spiro atoms. The number of nitrogens with zero attached hydrogens (tertiary/aromatic N) is 2. The zero-order chi connectivity index (χ0) is 7.72. The summed E-state index contributed by atoms with van der Waals surface area (Å²) in [6.07, 6.45) is 0. The minimum Gasteiger partial charge on any atom is -0.224 e. The van der Waals surface area contributed by atoms with Crippen LogP contribution in [0.4, 0.5) is 0 Å². The van der Waals surface area contributed by atoms with Gasteiger partial charge in [0.1, 0.15) is 0 Å². The molecular formula is C7H9N2S. The molecular weight excluding hydrogens is 144 g/mol. The quantitative estimate of drug-likeness (QED) is 0.569. The number of rotatable bonds is 1. The minimum absolute atomic E-state index is 1.02. The average Bonchev–Trinajstić information content (AvgIpc) is 2.17. The van der Waals surface area contributed by atoms with Gasteiger partial charge in [-0.3, -0.25) is 0 Å². The first-order valence-corrected chi connectivity index (χ1v) is 3.48. The number of hydrogen-bond acceptors (Lipinski definition) is 2. The van der Waals surface area contributed by atoms with Crippen molar-refractivity contribution >= 4 is 17.7 Å². The van der Waals surface area contributed by atoms with Crippen LogP contribution in [0.25, 0.3) is 0 Å². The lowest BCUT2D eigenvalue weighted by atomic mass is 10.2. The van der Waals surface area contributed by atoms with Gasteiger partial charge in [0.05, 0.1) is 5.69 Å². The van der Waals surface area contributed by atoms with Crippen LogP contribution in [0, 0.1) is 20.8 Å². The van der Waals surface area contributed by atoms with E-state index in [9.17, 15) is 0 Å². The lowest BCUT2D eigenvalue weighted by Crippen LogP contribution is -1.97. The number of aryl methyl sites for hydroxylation is 1. The molecule has 0 fully saturated rings. The van der Waals surface area contributed by atoms with E-state index < -0.39 is 0 Å². The van der Waals surface area contributed by atoms with Crippen LogP contribution in [-0.4, -0.2) is 15.3 Å². The van der Waals surface area contributed by atoms with E-state index in [0.29, 0.717) is 0 Å². The second-order valence-electron chi connectivity index (χ2n) is 2.30. The maximum absolute atomic E-state index is 4.63. The van der Waals surface area contributed by atoms with E-state index in [1.165, 1.54) is 5.56 Å². The Labute approximate surface area is 65.9 Å². The predicted octanol–water partition coefficient (Wildman–Crippen LogP) is 1.49. The molecule has 1 aromatic heterocycles. The van der Waals surface area contributed by atoms with E-state index >= 15 is 0 Å². The monoisotopic (exact) mass is 153 g/mol. The number of thiocarbonyl (C=S) groups is 1. The van der Waals surface area contributed by atoms with Gasteiger partial charge in [0.2, 0.25) is 0 Å². The van der Waals surface area contributed by atoms with Crippen LogP contribution in [0.5, 0.6) is 0 Å². The molecule has 2 nitrogen and oxygen atoms in total. The summed E-state index contributed by atoms with van der Waals surface area (Å²) in [5.74, 6) is 0. The molecule has 0 saturated carbocycles. The summed E-state index contributed by atoms with van der Waals surface area (Å²) < 4.78 is 1.60. The Morgan fingerprint density at radius 3 is 2.20 bits per heavy atom. The zero-order valence-corrected chi connectivity index (χ0v) is 7.12. The third-order valence-corrected chi connectivity index (χ3v) is 1.91. The summed E-state index contributed by atoms with van der Waals surface area (Å²) in [6, 6.07) is 0. The first-order chi connectivity index (χ1) is 4.66. The van der Waals surface area contributed by atoms with E-state index in [1.54, 1.807) is 4.68 Å². The van der Waals surface area contributed by atoms with Crippen LogP contribution in [0.3, 0.4) is 0 Å². The van der Waals surface area contributed by atoms with Crippen molar-refractivity contribution in [2.24, 2.45) is 0 Å². The molecule has 53 valence electrons. The molecule has 0 aliphatic heterocycles. The standard InChI is InChI=1S/C7H9N2S/c1-5-6(2)8-9(4-10)7(5)3/h1-3H3. The normalized spacial score (nSPS) is 9.90. The van der Waals surface area contributed by atoms with Crippen molar-refractivity contribution in [2.45, 2.75) is 20.8 Å². The average molecular weight is 153 g/mol. The van der Waals surface area contributed by atoms with Gasteiger partial charge in [-0.2, -0.15) is 5.10 Å². The van der Waals surface area contributed by atoms with Crippen molar-refractivity contribution in [3.63, 3.8) is 0 Å². The molecule has 0 aliphatic carbocycles.